The second-order valence-corrected chi connectivity index (χ2v) is 7.40. The number of rotatable bonds is 5. The maximum Gasteiger partial charge on any atom is 0.343 e. The molecule has 30 heavy (non-hydrogen) atoms. The molecule has 1 fully saturated rings. The number of nitrogens with zero attached hydrogens (tertiary/aromatic N) is 2. The van der Waals surface area contributed by atoms with Crippen molar-refractivity contribution in [1.82, 2.24) is 10.6 Å². The van der Waals surface area contributed by atoms with E-state index in [0.29, 0.717) is 18.5 Å². The van der Waals surface area contributed by atoms with Crippen LogP contribution in [0.3, 0.4) is 0 Å². The third-order valence-electron chi connectivity index (χ3n) is 5.49. The molecule has 156 valence electrons. The summed E-state index contributed by atoms with van der Waals surface area (Å²) in [6.45, 7) is 2.30. The number of aliphatic imine (C=N–C) groups is 1. The summed E-state index contributed by atoms with van der Waals surface area (Å²) in [5.41, 5.74) is 1.21. The first-order chi connectivity index (χ1) is 14.7. The molecule has 0 saturated carbocycles. The van der Waals surface area contributed by atoms with E-state index in [9.17, 15) is 9.59 Å². The van der Waals surface area contributed by atoms with Crippen LogP contribution in [0.4, 0.5) is 5.69 Å². The number of fused-ring (bicyclic) bond motifs is 1. The number of anilines is 1. The van der Waals surface area contributed by atoms with Crippen LogP contribution in [0.25, 0.3) is 0 Å². The van der Waals surface area contributed by atoms with Crippen LogP contribution in [0.1, 0.15) is 11.1 Å². The Morgan fingerprint density at radius 2 is 1.97 bits per heavy atom. The Morgan fingerprint density at radius 3 is 2.70 bits per heavy atom. The van der Waals surface area contributed by atoms with E-state index in [2.05, 4.69) is 10.6 Å². The van der Waals surface area contributed by atoms with E-state index in [1.807, 2.05) is 48.5 Å². The average Bonchev–Trinajstić information content (AvgIpc) is 2.94. The SMILES string of the molecule is NN1c2ccccc2C(C2CNCCN2)=NCC1(C=O)C(=O)OCc1ccccc1. The molecule has 4 N–H and O–H groups in total. The standard InChI is InChI=1S/C22H25N5O3/c23-27-19-9-5-4-8-17(19)20(18-12-24-10-11-25-18)26-14-22(27,15-28)21(29)30-13-16-6-2-1-3-7-16/h1-9,15,18,24-25H,10-14,23H2. The number of hydrazine groups is 1. The number of aldehydes is 1. The number of piperazine rings is 1. The predicted octanol–water partition coefficient (Wildman–Crippen LogP) is 0.412. The highest BCUT2D eigenvalue weighted by atomic mass is 16.5. The van der Waals surface area contributed by atoms with Crippen LogP contribution in [-0.2, 0) is 20.9 Å². The number of carbonyl (C=O) groups excluding carboxylic acids is 2. The van der Waals surface area contributed by atoms with Crippen molar-refractivity contribution >= 4 is 23.7 Å². The van der Waals surface area contributed by atoms with Crippen molar-refractivity contribution in [3.05, 3.63) is 65.7 Å². The Labute approximate surface area is 175 Å². The van der Waals surface area contributed by atoms with Gasteiger partial charge in [0.2, 0.25) is 5.54 Å². The minimum absolute atomic E-state index is 0.0453. The zero-order valence-corrected chi connectivity index (χ0v) is 16.6. The number of para-hydroxylation sites is 1. The van der Waals surface area contributed by atoms with E-state index < -0.39 is 11.5 Å². The lowest BCUT2D eigenvalue weighted by Crippen LogP contribution is -2.62. The number of esters is 1. The lowest BCUT2D eigenvalue weighted by Gasteiger charge is -2.34. The molecule has 2 atom stereocenters. The number of hydrogen-bond donors (Lipinski definition) is 3. The minimum atomic E-state index is -1.74. The fourth-order valence-electron chi connectivity index (χ4n) is 3.78. The smallest absolute Gasteiger partial charge is 0.343 e. The Bertz CT molecular complexity index is 943. The van der Waals surface area contributed by atoms with Gasteiger partial charge in [0.15, 0.2) is 6.29 Å². The van der Waals surface area contributed by atoms with Crippen LogP contribution in [0.15, 0.2) is 59.6 Å². The van der Waals surface area contributed by atoms with Gasteiger partial charge in [-0.15, -0.1) is 0 Å². The number of nitrogens with one attached hydrogen (secondary N) is 2. The van der Waals surface area contributed by atoms with Crippen molar-refractivity contribution in [2.45, 2.75) is 18.2 Å². The van der Waals surface area contributed by atoms with Crippen LogP contribution >= 0.6 is 0 Å². The second-order valence-electron chi connectivity index (χ2n) is 7.40. The van der Waals surface area contributed by atoms with Gasteiger partial charge in [-0.1, -0.05) is 48.5 Å². The molecule has 2 aromatic rings. The van der Waals surface area contributed by atoms with E-state index in [1.165, 1.54) is 5.01 Å². The Balaban J connectivity index is 1.67. The maximum absolute atomic E-state index is 13.1. The van der Waals surface area contributed by atoms with Crippen LogP contribution in [0.5, 0.6) is 0 Å². The van der Waals surface area contributed by atoms with Crippen molar-refractivity contribution in [2.75, 3.05) is 31.2 Å². The van der Waals surface area contributed by atoms with Crippen LogP contribution in [-0.4, -0.2) is 55.7 Å². The summed E-state index contributed by atoms with van der Waals surface area (Å²) in [6.07, 6.45) is 0.538. The number of benzodiazepines with no additional fused rings is 1. The summed E-state index contributed by atoms with van der Waals surface area (Å²) in [4.78, 5) is 30.1. The molecule has 2 aliphatic rings. The fourth-order valence-corrected chi connectivity index (χ4v) is 3.78. The highest BCUT2D eigenvalue weighted by Gasteiger charge is 2.48. The van der Waals surface area contributed by atoms with Gasteiger partial charge in [0, 0.05) is 25.2 Å². The fraction of sp³-hybridized carbons (Fsp3) is 0.318. The number of nitrogens with two attached hydrogens (primary N) is 1. The molecule has 2 aromatic carbocycles. The zero-order valence-electron chi connectivity index (χ0n) is 16.6. The molecule has 0 spiro atoms. The van der Waals surface area contributed by atoms with Crippen molar-refractivity contribution in [3.63, 3.8) is 0 Å². The predicted molar refractivity (Wildman–Crippen MR) is 114 cm³/mol. The topological polar surface area (TPSA) is 109 Å². The van der Waals surface area contributed by atoms with Crippen LogP contribution in [0.2, 0.25) is 0 Å². The molecule has 0 aliphatic carbocycles. The average molecular weight is 407 g/mol. The molecule has 2 aliphatic heterocycles. The van der Waals surface area contributed by atoms with Gasteiger partial charge in [0.05, 0.1) is 24.0 Å². The molecule has 2 unspecified atom stereocenters. The molecular weight excluding hydrogens is 382 g/mol. The zero-order chi connectivity index (χ0) is 21.0. The number of benzene rings is 2. The minimum Gasteiger partial charge on any atom is -0.459 e. The summed E-state index contributed by atoms with van der Waals surface area (Å²) in [5.74, 6) is 5.67. The number of hydrogen-bond acceptors (Lipinski definition) is 8. The lowest BCUT2D eigenvalue weighted by molar-refractivity contribution is -0.152. The molecule has 4 rings (SSSR count). The van der Waals surface area contributed by atoms with E-state index in [0.717, 1.165) is 29.9 Å². The van der Waals surface area contributed by atoms with Gasteiger partial charge in [-0.05, 0) is 11.6 Å². The molecule has 0 aromatic heterocycles. The van der Waals surface area contributed by atoms with Gasteiger partial charge in [-0.3, -0.25) is 14.8 Å². The Hall–Kier alpha value is -3.07. The molecule has 8 heteroatoms. The first kappa shape index (κ1) is 20.2. The molecular formula is C22H25N5O3. The van der Waals surface area contributed by atoms with E-state index in [4.69, 9.17) is 15.6 Å². The van der Waals surface area contributed by atoms with Crippen molar-refractivity contribution in [3.8, 4) is 0 Å². The highest BCUT2D eigenvalue weighted by Crippen LogP contribution is 2.30. The first-order valence-electron chi connectivity index (χ1n) is 9.96. The molecule has 1 saturated heterocycles. The second kappa shape index (κ2) is 8.74. The molecule has 0 bridgehead atoms. The Morgan fingerprint density at radius 1 is 1.20 bits per heavy atom. The van der Waals surface area contributed by atoms with Crippen molar-refractivity contribution in [1.29, 1.82) is 0 Å². The third kappa shape index (κ3) is 3.72. The highest BCUT2D eigenvalue weighted by molar-refractivity contribution is 6.12. The van der Waals surface area contributed by atoms with Gasteiger partial charge in [-0.25, -0.2) is 10.6 Å². The van der Waals surface area contributed by atoms with Gasteiger partial charge >= 0.3 is 5.97 Å². The quantitative estimate of drug-likeness (QED) is 0.285. The maximum atomic E-state index is 13.1. The van der Waals surface area contributed by atoms with E-state index >= 15 is 0 Å². The van der Waals surface area contributed by atoms with Crippen LogP contribution < -0.4 is 21.5 Å². The summed E-state index contributed by atoms with van der Waals surface area (Å²) in [5, 5.41) is 7.98. The van der Waals surface area contributed by atoms with Crippen molar-refractivity contribution < 1.29 is 14.3 Å². The van der Waals surface area contributed by atoms with E-state index in [-0.39, 0.29) is 19.2 Å². The van der Waals surface area contributed by atoms with E-state index in [1.54, 1.807) is 6.07 Å². The van der Waals surface area contributed by atoms with Gasteiger partial charge in [0.1, 0.15) is 6.61 Å². The monoisotopic (exact) mass is 407 g/mol. The molecule has 0 radical (unpaired) electrons. The lowest BCUT2D eigenvalue weighted by atomic mass is 9.98. The van der Waals surface area contributed by atoms with Gasteiger partial charge in [0.25, 0.3) is 0 Å². The third-order valence-corrected chi connectivity index (χ3v) is 5.49. The Kier molecular flexibility index (Phi) is 5.89. The molecule has 0 amide bonds. The summed E-state index contributed by atoms with van der Waals surface area (Å²) >= 11 is 0. The molecule has 2 heterocycles. The summed E-state index contributed by atoms with van der Waals surface area (Å²) in [6, 6.07) is 16.6. The molecule has 8 nitrogen and oxygen atoms in total. The van der Waals surface area contributed by atoms with Crippen molar-refractivity contribution in [2.24, 2.45) is 10.8 Å². The van der Waals surface area contributed by atoms with Crippen LogP contribution in [0, 0.1) is 0 Å². The summed E-state index contributed by atoms with van der Waals surface area (Å²) < 4.78 is 5.49. The normalized spacial score (nSPS) is 23.7. The van der Waals surface area contributed by atoms with Gasteiger partial charge < -0.3 is 15.4 Å². The number of ether oxygens (including phenoxy) is 1. The number of carbonyl (C=O) groups is 2. The van der Waals surface area contributed by atoms with Gasteiger partial charge in [-0.2, -0.15) is 0 Å². The first-order valence-corrected chi connectivity index (χ1v) is 9.96. The largest absolute Gasteiger partial charge is 0.459 e. The summed E-state index contributed by atoms with van der Waals surface area (Å²) in [7, 11) is 0.